The van der Waals surface area contributed by atoms with Gasteiger partial charge in [0.05, 0.1) is 4.92 Å². The SMILES string of the molecule is Cc1cc(C(=O)COC(=O)c2ccc([N+](=O)[O-])s2)c(C)n1CCC(C)C. The molecule has 0 atom stereocenters. The van der Waals surface area contributed by atoms with E-state index in [0.29, 0.717) is 11.5 Å². The van der Waals surface area contributed by atoms with Gasteiger partial charge < -0.3 is 9.30 Å². The number of rotatable bonds is 8. The van der Waals surface area contributed by atoms with E-state index in [4.69, 9.17) is 4.74 Å². The molecule has 0 saturated carbocycles. The van der Waals surface area contributed by atoms with Crippen molar-refractivity contribution in [3.8, 4) is 0 Å². The minimum atomic E-state index is -0.731. The number of carbonyl (C=O) groups is 2. The van der Waals surface area contributed by atoms with Gasteiger partial charge in [0.1, 0.15) is 4.88 Å². The van der Waals surface area contributed by atoms with Crippen LogP contribution in [0.25, 0.3) is 0 Å². The van der Waals surface area contributed by atoms with Gasteiger partial charge in [-0.25, -0.2) is 4.79 Å². The second-order valence-corrected chi connectivity index (χ2v) is 7.58. The van der Waals surface area contributed by atoms with Crippen molar-refractivity contribution >= 4 is 28.1 Å². The van der Waals surface area contributed by atoms with E-state index in [1.165, 1.54) is 12.1 Å². The van der Waals surface area contributed by atoms with Crippen LogP contribution in [0.5, 0.6) is 0 Å². The Morgan fingerprint density at radius 2 is 2.00 bits per heavy atom. The molecule has 0 bridgehead atoms. The smallest absolute Gasteiger partial charge is 0.349 e. The second kappa shape index (κ2) is 8.27. The van der Waals surface area contributed by atoms with E-state index < -0.39 is 10.9 Å². The van der Waals surface area contributed by atoms with Crippen molar-refractivity contribution in [2.24, 2.45) is 5.92 Å². The van der Waals surface area contributed by atoms with Crippen molar-refractivity contribution in [2.75, 3.05) is 6.61 Å². The fourth-order valence-corrected chi connectivity index (χ4v) is 3.34. The van der Waals surface area contributed by atoms with Crippen LogP contribution in [0.4, 0.5) is 5.00 Å². The van der Waals surface area contributed by atoms with Gasteiger partial charge in [0.2, 0.25) is 5.78 Å². The first kappa shape index (κ1) is 19.8. The maximum absolute atomic E-state index is 12.4. The average molecular weight is 378 g/mol. The van der Waals surface area contributed by atoms with Gasteiger partial charge in [-0.2, -0.15) is 0 Å². The molecule has 140 valence electrons. The molecule has 8 heteroatoms. The van der Waals surface area contributed by atoms with Gasteiger partial charge in [-0.1, -0.05) is 25.2 Å². The molecule has 0 saturated heterocycles. The van der Waals surface area contributed by atoms with Crippen molar-refractivity contribution in [2.45, 2.75) is 40.7 Å². The third-order valence-corrected chi connectivity index (χ3v) is 5.13. The fraction of sp³-hybridized carbons (Fsp3) is 0.444. The van der Waals surface area contributed by atoms with Gasteiger partial charge >= 0.3 is 11.0 Å². The molecule has 0 aliphatic carbocycles. The maximum atomic E-state index is 12.4. The number of nitro groups is 1. The average Bonchev–Trinajstić information content (AvgIpc) is 3.16. The first-order chi connectivity index (χ1) is 12.2. The lowest BCUT2D eigenvalue weighted by atomic mass is 10.1. The number of hydrogen-bond donors (Lipinski definition) is 0. The molecule has 0 unspecified atom stereocenters. The highest BCUT2D eigenvalue weighted by Gasteiger charge is 2.20. The lowest BCUT2D eigenvalue weighted by molar-refractivity contribution is -0.380. The highest BCUT2D eigenvalue weighted by molar-refractivity contribution is 7.17. The molecule has 0 amide bonds. The number of nitrogens with zero attached hydrogens (tertiary/aromatic N) is 2. The van der Waals surface area contributed by atoms with Crippen LogP contribution < -0.4 is 0 Å². The van der Waals surface area contributed by atoms with E-state index in [-0.39, 0.29) is 22.3 Å². The molecule has 0 fully saturated rings. The van der Waals surface area contributed by atoms with E-state index in [1.54, 1.807) is 0 Å². The summed E-state index contributed by atoms with van der Waals surface area (Å²) in [4.78, 5) is 34.6. The van der Waals surface area contributed by atoms with Gasteiger partial charge in [0.25, 0.3) is 0 Å². The topological polar surface area (TPSA) is 91.4 Å². The predicted molar refractivity (Wildman–Crippen MR) is 98.9 cm³/mol. The molecule has 0 aliphatic rings. The van der Waals surface area contributed by atoms with Gasteiger partial charge in [0.15, 0.2) is 6.61 Å². The largest absolute Gasteiger partial charge is 0.453 e. The zero-order valence-electron chi connectivity index (χ0n) is 15.3. The zero-order valence-corrected chi connectivity index (χ0v) is 16.1. The van der Waals surface area contributed by atoms with Gasteiger partial charge in [-0.05, 0) is 38.3 Å². The molecule has 2 aromatic rings. The standard InChI is InChI=1S/C18H22N2O5S/c1-11(2)7-8-19-12(3)9-14(13(19)4)15(21)10-25-18(22)16-5-6-17(26-16)20(23)24/h5-6,9,11H,7-8,10H2,1-4H3. The Balaban J connectivity index is 2.02. The summed E-state index contributed by atoms with van der Waals surface area (Å²) < 4.78 is 7.12. The molecule has 2 heterocycles. The van der Waals surface area contributed by atoms with Crippen LogP contribution >= 0.6 is 11.3 Å². The number of aryl methyl sites for hydroxylation is 1. The molecular weight excluding hydrogens is 356 g/mol. The van der Waals surface area contributed by atoms with Crippen molar-refractivity contribution in [3.05, 3.63) is 50.1 Å². The fourth-order valence-electron chi connectivity index (χ4n) is 2.63. The van der Waals surface area contributed by atoms with Crippen molar-refractivity contribution in [3.63, 3.8) is 0 Å². The normalized spacial score (nSPS) is 11.0. The molecule has 0 spiro atoms. The highest BCUT2D eigenvalue weighted by Crippen LogP contribution is 2.24. The van der Waals surface area contributed by atoms with Crippen LogP contribution in [0.1, 0.15) is 51.7 Å². The monoisotopic (exact) mass is 378 g/mol. The van der Waals surface area contributed by atoms with Gasteiger partial charge in [-0.15, -0.1) is 0 Å². The molecule has 0 aromatic carbocycles. The highest BCUT2D eigenvalue weighted by atomic mass is 32.1. The summed E-state index contributed by atoms with van der Waals surface area (Å²) in [5.41, 5.74) is 2.39. The van der Waals surface area contributed by atoms with Crippen LogP contribution in [-0.4, -0.2) is 27.8 Å². The van der Waals surface area contributed by atoms with E-state index in [2.05, 4.69) is 18.4 Å². The Bertz CT molecular complexity index is 835. The van der Waals surface area contributed by atoms with Crippen molar-refractivity contribution in [1.82, 2.24) is 4.57 Å². The molecule has 2 rings (SSSR count). The summed E-state index contributed by atoms with van der Waals surface area (Å²) in [6.07, 6.45) is 1.01. The van der Waals surface area contributed by atoms with Gasteiger partial charge in [0, 0.05) is 29.6 Å². The summed E-state index contributed by atoms with van der Waals surface area (Å²) in [6.45, 7) is 8.56. The Morgan fingerprint density at radius 1 is 1.31 bits per heavy atom. The van der Waals surface area contributed by atoms with E-state index >= 15 is 0 Å². The van der Waals surface area contributed by atoms with Crippen molar-refractivity contribution < 1.29 is 19.2 Å². The second-order valence-electron chi connectivity index (χ2n) is 6.51. The van der Waals surface area contributed by atoms with Crippen LogP contribution in [0.15, 0.2) is 18.2 Å². The third kappa shape index (κ3) is 4.57. The zero-order chi connectivity index (χ0) is 19.4. The number of carbonyl (C=O) groups excluding carboxylic acids is 2. The number of Topliss-reactive ketones (excluding diaryl/α,β-unsaturated/α-hetero) is 1. The summed E-state index contributed by atoms with van der Waals surface area (Å²) in [5.74, 6) is -0.454. The van der Waals surface area contributed by atoms with Crippen molar-refractivity contribution in [1.29, 1.82) is 0 Å². The number of ketones is 1. The van der Waals surface area contributed by atoms with E-state index in [9.17, 15) is 19.7 Å². The molecule has 0 N–H and O–H groups in total. The summed E-state index contributed by atoms with van der Waals surface area (Å²) >= 11 is 0.726. The number of hydrogen-bond acceptors (Lipinski definition) is 6. The lowest BCUT2D eigenvalue weighted by Gasteiger charge is -2.11. The summed E-state index contributed by atoms with van der Waals surface area (Å²) in [6, 6.07) is 4.38. The first-order valence-corrected chi connectivity index (χ1v) is 9.13. The molecule has 0 radical (unpaired) electrons. The molecule has 7 nitrogen and oxygen atoms in total. The minimum Gasteiger partial charge on any atom is -0.453 e. The Morgan fingerprint density at radius 3 is 2.58 bits per heavy atom. The lowest BCUT2D eigenvalue weighted by Crippen LogP contribution is -2.14. The summed E-state index contributed by atoms with van der Waals surface area (Å²) in [7, 11) is 0. The quantitative estimate of drug-likeness (QED) is 0.298. The van der Waals surface area contributed by atoms with Crippen LogP contribution in [-0.2, 0) is 11.3 Å². The number of esters is 1. The first-order valence-electron chi connectivity index (χ1n) is 8.32. The Kier molecular flexibility index (Phi) is 6.31. The molecule has 26 heavy (non-hydrogen) atoms. The number of thiophene rings is 1. The summed E-state index contributed by atoms with van der Waals surface area (Å²) in [5, 5.41) is 10.5. The predicted octanol–water partition coefficient (Wildman–Crippen LogP) is 4.16. The Labute approximate surface area is 155 Å². The molecule has 2 aromatic heterocycles. The molecule has 0 aliphatic heterocycles. The van der Waals surface area contributed by atoms with E-state index in [0.717, 1.165) is 35.7 Å². The van der Waals surface area contributed by atoms with Crippen LogP contribution in [0.3, 0.4) is 0 Å². The van der Waals surface area contributed by atoms with E-state index in [1.807, 2.05) is 19.9 Å². The van der Waals surface area contributed by atoms with Gasteiger partial charge in [-0.3, -0.25) is 14.9 Å². The minimum absolute atomic E-state index is 0.104. The van der Waals surface area contributed by atoms with Crippen LogP contribution in [0.2, 0.25) is 0 Å². The third-order valence-electron chi connectivity index (χ3n) is 4.11. The molecular formula is C18H22N2O5S. The Hall–Kier alpha value is -2.48. The number of aromatic nitrogens is 1. The number of ether oxygens (including phenoxy) is 1. The maximum Gasteiger partial charge on any atom is 0.349 e. The van der Waals surface area contributed by atoms with Crippen LogP contribution in [0, 0.1) is 29.9 Å².